The minimum absolute atomic E-state index is 0.0702. The molecule has 0 bridgehead atoms. The first kappa shape index (κ1) is 11.0. The first-order valence-electron chi connectivity index (χ1n) is 7.15. The molecule has 0 radical (unpaired) electrons. The van der Waals surface area contributed by atoms with Crippen molar-refractivity contribution in [3.05, 3.63) is 0 Å². The fraction of sp³-hybridized carbons (Fsp3) is 1.00. The van der Waals surface area contributed by atoms with Gasteiger partial charge in [-0.1, -0.05) is 32.1 Å². The van der Waals surface area contributed by atoms with Crippen LogP contribution in [-0.4, -0.2) is 23.4 Å². The molecular weight excluding hydrogens is 200 g/mol. The maximum Gasteiger partial charge on any atom is 0.0684 e. The topological polar surface area (TPSA) is 29.5 Å². The molecule has 2 unspecified atom stereocenters. The molecule has 92 valence electrons. The molecule has 0 aliphatic heterocycles. The van der Waals surface area contributed by atoms with E-state index in [-0.39, 0.29) is 11.5 Å². The van der Waals surface area contributed by atoms with Crippen LogP contribution >= 0.6 is 0 Å². The Hall–Kier alpha value is -0.0800. The summed E-state index contributed by atoms with van der Waals surface area (Å²) in [6.07, 6.45) is 13.2. The molecule has 3 fully saturated rings. The molecule has 0 heterocycles. The van der Waals surface area contributed by atoms with E-state index in [0.29, 0.717) is 12.2 Å². The van der Waals surface area contributed by atoms with Gasteiger partial charge in [0.2, 0.25) is 0 Å². The van der Waals surface area contributed by atoms with Crippen molar-refractivity contribution in [1.29, 1.82) is 0 Å². The largest absolute Gasteiger partial charge is 0.392 e. The Morgan fingerprint density at radius 1 is 0.938 bits per heavy atom. The van der Waals surface area contributed by atoms with Crippen molar-refractivity contribution < 1.29 is 9.84 Å². The molecule has 3 rings (SSSR count). The molecule has 0 aromatic carbocycles. The lowest BCUT2D eigenvalue weighted by Crippen LogP contribution is -2.59. The zero-order chi connectivity index (χ0) is 11.0. The standard InChI is InChI=1S/C14H24O2/c15-12-10-13(16-11-6-2-3-7-11)14(12)8-4-1-5-9-14/h11-13,15H,1-10H2. The summed E-state index contributed by atoms with van der Waals surface area (Å²) in [7, 11) is 0. The second kappa shape index (κ2) is 4.30. The number of aliphatic hydroxyl groups excluding tert-OH is 1. The van der Waals surface area contributed by atoms with Crippen molar-refractivity contribution in [1.82, 2.24) is 0 Å². The summed E-state index contributed by atoms with van der Waals surface area (Å²) in [5.41, 5.74) is 0.167. The highest BCUT2D eigenvalue weighted by molar-refractivity contribution is 5.05. The van der Waals surface area contributed by atoms with Gasteiger partial charge in [-0.25, -0.2) is 0 Å². The molecule has 2 heteroatoms. The Morgan fingerprint density at radius 3 is 2.25 bits per heavy atom. The maximum absolute atomic E-state index is 10.1. The van der Waals surface area contributed by atoms with E-state index in [1.54, 1.807) is 0 Å². The number of hydrogen-bond donors (Lipinski definition) is 1. The molecule has 0 aromatic heterocycles. The summed E-state index contributed by atoms with van der Waals surface area (Å²) in [5, 5.41) is 10.1. The van der Waals surface area contributed by atoms with E-state index in [0.717, 1.165) is 6.42 Å². The molecule has 2 nitrogen and oxygen atoms in total. The second-order valence-electron chi connectivity index (χ2n) is 6.08. The molecule has 1 spiro atoms. The predicted octanol–water partition coefficient (Wildman–Crippen LogP) is 3.03. The van der Waals surface area contributed by atoms with E-state index in [9.17, 15) is 5.11 Å². The van der Waals surface area contributed by atoms with Crippen LogP contribution in [0.5, 0.6) is 0 Å². The molecule has 3 saturated carbocycles. The lowest BCUT2D eigenvalue weighted by molar-refractivity contribution is -0.221. The van der Waals surface area contributed by atoms with Crippen LogP contribution in [0.2, 0.25) is 0 Å². The van der Waals surface area contributed by atoms with E-state index in [1.807, 2.05) is 0 Å². The fourth-order valence-electron chi connectivity index (χ4n) is 4.04. The van der Waals surface area contributed by atoms with Gasteiger partial charge in [0.15, 0.2) is 0 Å². The average molecular weight is 224 g/mol. The number of rotatable bonds is 2. The lowest BCUT2D eigenvalue weighted by Gasteiger charge is -2.56. The van der Waals surface area contributed by atoms with E-state index in [4.69, 9.17) is 4.74 Å². The van der Waals surface area contributed by atoms with Crippen LogP contribution in [0.1, 0.15) is 64.2 Å². The Balaban J connectivity index is 1.62. The van der Waals surface area contributed by atoms with Gasteiger partial charge in [-0.3, -0.25) is 0 Å². The van der Waals surface area contributed by atoms with Crippen molar-refractivity contribution in [2.75, 3.05) is 0 Å². The van der Waals surface area contributed by atoms with Crippen LogP contribution in [-0.2, 0) is 4.74 Å². The third-order valence-electron chi connectivity index (χ3n) is 5.19. The van der Waals surface area contributed by atoms with Crippen LogP contribution in [0, 0.1) is 5.41 Å². The summed E-state index contributed by atoms with van der Waals surface area (Å²) in [6, 6.07) is 0. The Bertz CT molecular complexity index is 239. The first-order valence-corrected chi connectivity index (χ1v) is 7.15. The predicted molar refractivity (Wildman–Crippen MR) is 63.3 cm³/mol. The smallest absolute Gasteiger partial charge is 0.0684 e. The fourth-order valence-corrected chi connectivity index (χ4v) is 4.04. The Kier molecular flexibility index (Phi) is 2.97. The second-order valence-corrected chi connectivity index (χ2v) is 6.08. The SMILES string of the molecule is OC1CC(OC2CCCC2)C12CCCCC2. The summed E-state index contributed by atoms with van der Waals surface area (Å²) >= 11 is 0. The normalized spacial score (nSPS) is 38.8. The number of aliphatic hydroxyl groups is 1. The minimum Gasteiger partial charge on any atom is -0.392 e. The van der Waals surface area contributed by atoms with E-state index in [1.165, 1.54) is 57.8 Å². The van der Waals surface area contributed by atoms with Crippen molar-refractivity contribution in [2.24, 2.45) is 5.41 Å². The number of hydrogen-bond acceptors (Lipinski definition) is 2. The van der Waals surface area contributed by atoms with Crippen molar-refractivity contribution in [3.8, 4) is 0 Å². The van der Waals surface area contributed by atoms with Crippen LogP contribution in [0.15, 0.2) is 0 Å². The van der Waals surface area contributed by atoms with E-state index in [2.05, 4.69) is 0 Å². The molecule has 0 aromatic rings. The summed E-state index contributed by atoms with van der Waals surface area (Å²) in [5.74, 6) is 0. The third-order valence-corrected chi connectivity index (χ3v) is 5.19. The maximum atomic E-state index is 10.1. The van der Waals surface area contributed by atoms with Gasteiger partial charge in [0.25, 0.3) is 0 Å². The van der Waals surface area contributed by atoms with E-state index < -0.39 is 0 Å². The molecule has 2 atom stereocenters. The molecule has 3 aliphatic carbocycles. The average Bonchev–Trinajstić information content (AvgIpc) is 2.83. The van der Waals surface area contributed by atoms with Crippen molar-refractivity contribution in [2.45, 2.75) is 82.5 Å². The molecule has 0 saturated heterocycles. The van der Waals surface area contributed by atoms with Crippen LogP contribution in [0.25, 0.3) is 0 Å². The van der Waals surface area contributed by atoms with Gasteiger partial charge in [0, 0.05) is 11.8 Å². The zero-order valence-corrected chi connectivity index (χ0v) is 10.2. The van der Waals surface area contributed by atoms with Gasteiger partial charge in [-0.05, 0) is 25.7 Å². The molecule has 16 heavy (non-hydrogen) atoms. The number of ether oxygens (including phenoxy) is 1. The highest BCUT2D eigenvalue weighted by Crippen LogP contribution is 2.54. The highest BCUT2D eigenvalue weighted by Gasteiger charge is 2.55. The zero-order valence-electron chi connectivity index (χ0n) is 10.2. The summed E-state index contributed by atoms with van der Waals surface area (Å²) < 4.78 is 6.25. The van der Waals surface area contributed by atoms with E-state index >= 15 is 0 Å². The molecule has 0 amide bonds. The third kappa shape index (κ3) is 1.70. The quantitative estimate of drug-likeness (QED) is 0.781. The minimum atomic E-state index is -0.0702. The van der Waals surface area contributed by atoms with Crippen molar-refractivity contribution in [3.63, 3.8) is 0 Å². The summed E-state index contributed by atoms with van der Waals surface area (Å²) in [6.45, 7) is 0. The molecule has 3 aliphatic rings. The van der Waals surface area contributed by atoms with Gasteiger partial charge >= 0.3 is 0 Å². The van der Waals surface area contributed by atoms with Gasteiger partial charge in [-0.15, -0.1) is 0 Å². The van der Waals surface area contributed by atoms with Gasteiger partial charge in [0.05, 0.1) is 18.3 Å². The van der Waals surface area contributed by atoms with Gasteiger partial charge < -0.3 is 9.84 Å². The van der Waals surface area contributed by atoms with Crippen LogP contribution < -0.4 is 0 Å². The highest BCUT2D eigenvalue weighted by atomic mass is 16.5. The monoisotopic (exact) mass is 224 g/mol. The molecular formula is C14H24O2. The Morgan fingerprint density at radius 2 is 1.62 bits per heavy atom. The lowest BCUT2D eigenvalue weighted by atomic mass is 9.56. The first-order chi connectivity index (χ1) is 7.81. The van der Waals surface area contributed by atoms with Gasteiger partial charge in [-0.2, -0.15) is 0 Å². The Labute approximate surface area is 98.4 Å². The molecule has 1 N–H and O–H groups in total. The van der Waals surface area contributed by atoms with Crippen LogP contribution in [0.3, 0.4) is 0 Å². The summed E-state index contributed by atoms with van der Waals surface area (Å²) in [4.78, 5) is 0. The van der Waals surface area contributed by atoms with Crippen molar-refractivity contribution >= 4 is 0 Å². The van der Waals surface area contributed by atoms with Crippen LogP contribution in [0.4, 0.5) is 0 Å². The van der Waals surface area contributed by atoms with Gasteiger partial charge in [0.1, 0.15) is 0 Å².